The molecule has 2 aromatic carbocycles. The Morgan fingerprint density at radius 3 is 2.09 bits per heavy atom. The van der Waals surface area contributed by atoms with Gasteiger partial charge in [0.05, 0.1) is 19.2 Å². The number of carbonyl (C=O) groups is 3. The second-order valence-electron chi connectivity index (χ2n) is 8.08. The van der Waals surface area contributed by atoms with Gasteiger partial charge in [-0.1, -0.05) is 42.5 Å². The summed E-state index contributed by atoms with van der Waals surface area (Å²) >= 11 is 0. The van der Waals surface area contributed by atoms with Crippen LogP contribution in [0.2, 0.25) is 0 Å². The van der Waals surface area contributed by atoms with Gasteiger partial charge in [0.25, 0.3) is 5.91 Å². The highest BCUT2D eigenvalue weighted by Crippen LogP contribution is 2.22. The van der Waals surface area contributed by atoms with Gasteiger partial charge in [0.1, 0.15) is 0 Å². The predicted octanol–water partition coefficient (Wildman–Crippen LogP) is 3.36. The number of anilines is 1. The molecule has 0 unspecified atom stereocenters. The van der Waals surface area contributed by atoms with E-state index in [0.29, 0.717) is 32.7 Å². The van der Waals surface area contributed by atoms with Crippen molar-refractivity contribution < 1.29 is 18.8 Å². The second-order valence-corrected chi connectivity index (χ2v) is 8.08. The molecule has 0 saturated carbocycles. The van der Waals surface area contributed by atoms with E-state index in [1.54, 1.807) is 33.8 Å². The van der Waals surface area contributed by atoms with Crippen LogP contribution < -0.4 is 4.90 Å². The Balaban J connectivity index is 1.45. The molecule has 1 aliphatic rings. The van der Waals surface area contributed by atoms with E-state index in [0.717, 1.165) is 16.8 Å². The zero-order valence-corrected chi connectivity index (χ0v) is 18.6. The van der Waals surface area contributed by atoms with Crippen LogP contribution in [0.15, 0.2) is 77.4 Å². The minimum absolute atomic E-state index is 0.0405. The van der Waals surface area contributed by atoms with E-state index in [4.69, 9.17) is 4.42 Å². The third kappa shape index (κ3) is 5.49. The largest absolute Gasteiger partial charge is 0.459 e. The summed E-state index contributed by atoms with van der Waals surface area (Å²) < 4.78 is 5.34. The predicted molar refractivity (Wildman–Crippen MR) is 125 cm³/mol. The van der Waals surface area contributed by atoms with Crippen molar-refractivity contribution in [1.82, 2.24) is 9.80 Å². The first-order chi connectivity index (χ1) is 16.0. The molecule has 0 aliphatic carbocycles. The highest BCUT2D eigenvalue weighted by atomic mass is 16.3. The van der Waals surface area contributed by atoms with Gasteiger partial charge in [0, 0.05) is 38.8 Å². The number of nitrogens with zero attached hydrogens (tertiary/aromatic N) is 3. The molecule has 3 amide bonds. The third-order valence-corrected chi connectivity index (χ3v) is 5.84. The highest BCUT2D eigenvalue weighted by Gasteiger charge is 2.23. The maximum atomic E-state index is 13.1. The van der Waals surface area contributed by atoms with Gasteiger partial charge in [0.15, 0.2) is 5.76 Å². The summed E-state index contributed by atoms with van der Waals surface area (Å²) in [6.07, 6.45) is 1.77. The van der Waals surface area contributed by atoms with Crippen LogP contribution in [0.5, 0.6) is 0 Å². The fraction of sp³-hybridized carbons (Fsp3) is 0.269. The van der Waals surface area contributed by atoms with Crippen molar-refractivity contribution in [3.63, 3.8) is 0 Å². The fourth-order valence-electron chi connectivity index (χ4n) is 3.93. The smallest absolute Gasteiger partial charge is 0.294 e. The molecule has 7 heteroatoms. The number of furan rings is 1. The average Bonchev–Trinajstić information content (AvgIpc) is 3.38. The summed E-state index contributed by atoms with van der Waals surface area (Å²) in [7, 11) is 0. The molecule has 2 heterocycles. The van der Waals surface area contributed by atoms with Gasteiger partial charge in [-0.25, -0.2) is 0 Å². The summed E-state index contributed by atoms with van der Waals surface area (Å²) in [4.78, 5) is 42.5. The van der Waals surface area contributed by atoms with Crippen molar-refractivity contribution >= 4 is 23.4 Å². The first-order valence-electron chi connectivity index (χ1n) is 11.0. The van der Waals surface area contributed by atoms with Gasteiger partial charge >= 0.3 is 0 Å². The standard InChI is InChI=1S/C26H27N3O4/c1-20(30)27-13-15-28(16-14-27)25(31)18-21-9-11-23(12-10-21)29(19-22-6-3-2-4-7-22)26(32)24-8-5-17-33-24/h2-12,17H,13-16,18-19H2,1H3. The molecular weight excluding hydrogens is 418 g/mol. The number of piperazine rings is 1. The Morgan fingerprint density at radius 2 is 1.48 bits per heavy atom. The van der Waals surface area contributed by atoms with Crippen LogP contribution in [0.25, 0.3) is 0 Å². The van der Waals surface area contributed by atoms with Crippen LogP contribution in [0.4, 0.5) is 5.69 Å². The zero-order chi connectivity index (χ0) is 23.2. The van der Waals surface area contributed by atoms with Gasteiger partial charge in [-0.2, -0.15) is 0 Å². The zero-order valence-electron chi connectivity index (χ0n) is 18.6. The lowest BCUT2D eigenvalue weighted by molar-refractivity contribution is -0.138. The lowest BCUT2D eigenvalue weighted by Gasteiger charge is -2.34. The number of amides is 3. The number of hydrogen-bond acceptors (Lipinski definition) is 4. The van der Waals surface area contributed by atoms with Gasteiger partial charge in [-0.05, 0) is 35.4 Å². The van der Waals surface area contributed by atoms with Crippen molar-refractivity contribution in [3.05, 3.63) is 89.9 Å². The van der Waals surface area contributed by atoms with E-state index in [1.807, 2.05) is 54.6 Å². The summed E-state index contributed by atoms with van der Waals surface area (Å²) in [5.74, 6) is 0.131. The lowest BCUT2D eigenvalue weighted by atomic mass is 10.1. The lowest BCUT2D eigenvalue weighted by Crippen LogP contribution is -2.50. The van der Waals surface area contributed by atoms with Gasteiger partial charge in [0.2, 0.25) is 11.8 Å². The molecule has 0 bridgehead atoms. The molecule has 3 aromatic rings. The molecule has 33 heavy (non-hydrogen) atoms. The summed E-state index contributed by atoms with van der Waals surface area (Å²) in [5, 5.41) is 0. The Labute approximate surface area is 193 Å². The minimum Gasteiger partial charge on any atom is -0.459 e. The topological polar surface area (TPSA) is 74.1 Å². The maximum Gasteiger partial charge on any atom is 0.294 e. The first kappa shape index (κ1) is 22.3. The molecule has 1 aliphatic heterocycles. The number of rotatable bonds is 6. The Bertz CT molecular complexity index is 1090. The number of hydrogen-bond donors (Lipinski definition) is 0. The maximum absolute atomic E-state index is 13.1. The molecule has 4 rings (SSSR count). The highest BCUT2D eigenvalue weighted by molar-refractivity contribution is 6.04. The van der Waals surface area contributed by atoms with Gasteiger partial charge in [-0.3, -0.25) is 14.4 Å². The van der Waals surface area contributed by atoms with Crippen molar-refractivity contribution in [3.8, 4) is 0 Å². The van der Waals surface area contributed by atoms with Crippen LogP contribution in [-0.4, -0.2) is 53.7 Å². The third-order valence-electron chi connectivity index (χ3n) is 5.84. The molecular formula is C26H27N3O4. The van der Waals surface area contributed by atoms with Crippen LogP contribution in [-0.2, 0) is 22.6 Å². The Hall–Kier alpha value is -3.87. The van der Waals surface area contributed by atoms with E-state index >= 15 is 0 Å². The molecule has 1 aromatic heterocycles. The molecule has 0 radical (unpaired) electrons. The van der Waals surface area contributed by atoms with Gasteiger partial charge in [-0.15, -0.1) is 0 Å². The molecule has 7 nitrogen and oxygen atoms in total. The quantitative estimate of drug-likeness (QED) is 0.583. The Morgan fingerprint density at radius 1 is 0.818 bits per heavy atom. The first-order valence-corrected chi connectivity index (χ1v) is 11.0. The van der Waals surface area contributed by atoms with Crippen molar-refractivity contribution in [2.24, 2.45) is 0 Å². The Kier molecular flexibility index (Phi) is 6.88. The molecule has 0 N–H and O–H groups in total. The van der Waals surface area contributed by atoms with Crippen molar-refractivity contribution in [2.75, 3.05) is 31.1 Å². The van der Waals surface area contributed by atoms with Crippen molar-refractivity contribution in [1.29, 1.82) is 0 Å². The second kappa shape index (κ2) is 10.2. The van der Waals surface area contributed by atoms with Crippen LogP contribution in [0, 0.1) is 0 Å². The molecule has 1 saturated heterocycles. The molecule has 0 atom stereocenters. The van der Waals surface area contributed by atoms with E-state index in [9.17, 15) is 14.4 Å². The molecule has 170 valence electrons. The SMILES string of the molecule is CC(=O)N1CCN(C(=O)Cc2ccc(N(Cc3ccccc3)C(=O)c3ccco3)cc2)CC1. The molecule has 0 spiro atoms. The average molecular weight is 446 g/mol. The fourth-order valence-corrected chi connectivity index (χ4v) is 3.93. The van der Waals surface area contributed by atoms with E-state index in [2.05, 4.69) is 0 Å². The molecule has 1 fully saturated rings. The van der Waals surface area contributed by atoms with E-state index < -0.39 is 0 Å². The van der Waals surface area contributed by atoms with Crippen LogP contribution in [0.3, 0.4) is 0 Å². The minimum atomic E-state index is -0.226. The van der Waals surface area contributed by atoms with E-state index in [-0.39, 0.29) is 29.9 Å². The summed E-state index contributed by atoms with van der Waals surface area (Å²) in [6.45, 7) is 4.21. The van der Waals surface area contributed by atoms with Gasteiger partial charge < -0.3 is 19.1 Å². The number of benzene rings is 2. The van der Waals surface area contributed by atoms with Crippen molar-refractivity contribution in [2.45, 2.75) is 19.9 Å². The van der Waals surface area contributed by atoms with E-state index in [1.165, 1.54) is 6.26 Å². The summed E-state index contributed by atoms with van der Waals surface area (Å²) in [6, 6.07) is 20.6. The monoisotopic (exact) mass is 445 g/mol. The number of carbonyl (C=O) groups excluding carboxylic acids is 3. The van der Waals surface area contributed by atoms with Crippen LogP contribution >= 0.6 is 0 Å². The summed E-state index contributed by atoms with van der Waals surface area (Å²) in [5.41, 5.74) is 2.61. The van der Waals surface area contributed by atoms with Crippen LogP contribution in [0.1, 0.15) is 28.6 Å². The normalized spacial score (nSPS) is 13.6.